The fourth-order valence-corrected chi connectivity index (χ4v) is 1.85. The second kappa shape index (κ2) is 5.80. The molecule has 2 aromatic heterocycles. The number of rotatable bonds is 4. The van der Waals surface area contributed by atoms with Gasteiger partial charge in [0.2, 0.25) is 0 Å². The Balaban J connectivity index is 2.26. The molecule has 0 aromatic carbocycles. The van der Waals surface area contributed by atoms with E-state index in [0.29, 0.717) is 0 Å². The molecule has 0 aliphatic heterocycles. The van der Waals surface area contributed by atoms with Crippen LogP contribution in [0, 0.1) is 6.92 Å². The van der Waals surface area contributed by atoms with E-state index in [-0.39, 0.29) is 12.1 Å². The van der Waals surface area contributed by atoms with Crippen LogP contribution in [-0.2, 0) is 0 Å². The smallest absolute Gasteiger partial charge is 0.138 e. The first-order valence-electron chi connectivity index (χ1n) is 6.37. The Morgan fingerprint density at radius 2 is 2.00 bits per heavy atom. The monoisotopic (exact) mass is 257 g/mol. The Labute approximate surface area is 113 Å². The maximum absolute atomic E-state index is 6.23. The van der Waals surface area contributed by atoms with E-state index >= 15 is 0 Å². The van der Waals surface area contributed by atoms with Crippen molar-refractivity contribution >= 4 is 0 Å². The molecule has 1 atom stereocenters. The van der Waals surface area contributed by atoms with Gasteiger partial charge >= 0.3 is 0 Å². The summed E-state index contributed by atoms with van der Waals surface area (Å²) in [5.41, 5.74) is 8.92. The van der Waals surface area contributed by atoms with Gasteiger partial charge in [-0.25, -0.2) is 0 Å². The minimum Gasteiger partial charge on any atom is -0.489 e. The minimum atomic E-state index is -0.289. The quantitative estimate of drug-likeness (QED) is 0.914. The van der Waals surface area contributed by atoms with Crippen LogP contribution in [0.25, 0.3) is 0 Å². The summed E-state index contributed by atoms with van der Waals surface area (Å²) < 4.78 is 5.63. The zero-order valence-electron chi connectivity index (χ0n) is 11.5. The van der Waals surface area contributed by atoms with Crippen molar-refractivity contribution in [1.29, 1.82) is 0 Å². The highest BCUT2D eigenvalue weighted by molar-refractivity contribution is 5.31. The van der Waals surface area contributed by atoms with Gasteiger partial charge in [-0.2, -0.15) is 0 Å². The Kier molecular flexibility index (Phi) is 4.12. The maximum atomic E-state index is 6.23. The first-order valence-corrected chi connectivity index (χ1v) is 6.37. The molecule has 4 heteroatoms. The number of aryl methyl sites for hydroxylation is 1. The van der Waals surface area contributed by atoms with Gasteiger partial charge in [-0.1, -0.05) is 6.07 Å². The SMILES string of the molecule is Cc1cccc(C(N)c2cncc(OC(C)C)c2)n1. The van der Waals surface area contributed by atoms with E-state index in [1.807, 2.05) is 45.0 Å². The normalized spacial score (nSPS) is 12.5. The van der Waals surface area contributed by atoms with Crippen molar-refractivity contribution in [3.05, 3.63) is 53.6 Å². The van der Waals surface area contributed by atoms with Crippen molar-refractivity contribution in [3.63, 3.8) is 0 Å². The Bertz CT molecular complexity index is 555. The molecule has 0 aliphatic rings. The molecule has 1 unspecified atom stereocenters. The summed E-state index contributed by atoms with van der Waals surface area (Å²) in [6.07, 6.45) is 3.56. The molecule has 19 heavy (non-hydrogen) atoms. The zero-order chi connectivity index (χ0) is 13.8. The molecule has 0 saturated heterocycles. The van der Waals surface area contributed by atoms with Crippen molar-refractivity contribution in [2.24, 2.45) is 5.73 Å². The topological polar surface area (TPSA) is 61.0 Å². The summed E-state index contributed by atoms with van der Waals surface area (Å²) in [5.74, 6) is 0.732. The Morgan fingerprint density at radius 1 is 1.21 bits per heavy atom. The van der Waals surface area contributed by atoms with E-state index < -0.39 is 0 Å². The minimum absolute atomic E-state index is 0.116. The Morgan fingerprint density at radius 3 is 2.68 bits per heavy atom. The number of hydrogen-bond acceptors (Lipinski definition) is 4. The van der Waals surface area contributed by atoms with E-state index in [1.165, 1.54) is 0 Å². The first-order chi connectivity index (χ1) is 9.06. The molecule has 0 fully saturated rings. The molecule has 0 saturated carbocycles. The lowest BCUT2D eigenvalue weighted by Gasteiger charge is -2.14. The summed E-state index contributed by atoms with van der Waals surface area (Å²) in [6, 6.07) is 7.46. The molecule has 0 bridgehead atoms. The van der Waals surface area contributed by atoms with Crippen LogP contribution in [-0.4, -0.2) is 16.1 Å². The summed E-state index contributed by atoms with van der Waals surface area (Å²) in [5, 5.41) is 0. The average Bonchev–Trinajstić information content (AvgIpc) is 2.37. The lowest BCUT2D eigenvalue weighted by molar-refractivity contribution is 0.241. The number of aromatic nitrogens is 2. The second-order valence-corrected chi connectivity index (χ2v) is 4.80. The van der Waals surface area contributed by atoms with Crippen LogP contribution in [0.15, 0.2) is 36.7 Å². The summed E-state index contributed by atoms with van der Waals surface area (Å²) >= 11 is 0. The highest BCUT2D eigenvalue weighted by Gasteiger charge is 2.12. The van der Waals surface area contributed by atoms with Crippen LogP contribution in [0.5, 0.6) is 5.75 Å². The van der Waals surface area contributed by atoms with E-state index in [2.05, 4.69) is 9.97 Å². The van der Waals surface area contributed by atoms with Gasteiger partial charge in [0.1, 0.15) is 5.75 Å². The van der Waals surface area contributed by atoms with Gasteiger partial charge in [-0.05, 0) is 44.5 Å². The maximum Gasteiger partial charge on any atom is 0.138 e. The van der Waals surface area contributed by atoms with Gasteiger partial charge < -0.3 is 10.5 Å². The third-order valence-corrected chi connectivity index (χ3v) is 2.69. The molecule has 2 rings (SSSR count). The lowest BCUT2D eigenvalue weighted by atomic mass is 10.1. The Hall–Kier alpha value is -1.94. The van der Waals surface area contributed by atoms with Crippen molar-refractivity contribution in [2.45, 2.75) is 32.9 Å². The molecule has 0 aliphatic carbocycles. The van der Waals surface area contributed by atoms with E-state index in [4.69, 9.17) is 10.5 Å². The molecule has 2 aromatic rings. The van der Waals surface area contributed by atoms with Crippen LogP contribution in [0.1, 0.15) is 36.8 Å². The van der Waals surface area contributed by atoms with Crippen LogP contribution in [0.3, 0.4) is 0 Å². The van der Waals surface area contributed by atoms with Crippen molar-refractivity contribution < 1.29 is 4.74 Å². The van der Waals surface area contributed by atoms with Crippen molar-refractivity contribution in [2.75, 3.05) is 0 Å². The van der Waals surface area contributed by atoms with Gasteiger partial charge in [0.15, 0.2) is 0 Å². The molecule has 4 nitrogen and oxygen atoms in total. The predicted molar refractivity (Wildman–Crippen MR) is 75.0 cm³/mol. The number of nitrogens with two attached hydrogens (primary N) is 1. The standard InChI is InChI=1S/C15H19N3O/c1-10(2)19-13-7-12(8-17-9-13)15(16)14-6-4-5-11(3)18-14/h4-10,15H,16H2,1-3H3. The molecule has 2 heterocycles. The number of nitrogens with zero attached hydrogens (tertiary/aromatic N) is 2. The van der Waals surface area contributed by atoms with Gasteiger partial charge in [-0.15, -0.1) is 0 Å². The van der Waals surface area contributed by atoms with E-state index in [1.54, 1.807) is 12.4 Å². The molecule has 0 radical (unpaired) electrons. The summed E-state index contributed by atoms with van der Waals surface area (Å²) in [7, 11) is 0. The lowest BCUT2D eigenvalue weighted by Crippen LogP contribution is -2.15. The fraction of sp³-hybridized carbons (Fsp3) is 0.333. The van der Waals surface area contributed by atoms with Gasteiger partial charge in [0.05, 0.1) is 24.0 Å². The summed E-state index contributed by atoms with van der Waals surface area (Å²) in [4.78, 5) is 8.62. The second-order valence-electron chi connectivity index (χ2n) is 4.80. The fourth-order valence-electron chi connectivity index (χ4n) is 1.85. The predicted octanol–water partition coefficient (Wildman–Crippen LogP) is 2.62. The van der Waals surface area contributed by atoms with Gasteiger partial charge in [-0.3, -0.25) is 9.97 Å². The number of pyridine rings is 2. The molecule has 0 spiro atoms. The highest BCUT2D eigenvalue weighted by atomic mass is 16.5. The van der Waals surface area contributed by atoms with Gasteiger partial charge in [0, 0.05) is 11.9 Å². The molecule has 100 valence electrons. The van der Waals surface area contributed by atoms with Crippen LogP contribution in [0.4, 0.5) is 0 Å². The average molecular weight is 257 g/mol. The number of hydrogen-bond donors (Lipinski definition) is 1. The van der Waals surface area contributed by atoms with Crippen LogP contribution in [0.2, 0.25) is 0 Å². The van der Waals surface area contributed by atoms with Gasteiger partial charge in [0.25, 0.3) is 0 Å². The first kappa shape index (κ1) is 13.5. The molecular formula is C15H19N3O. The third-order valence-electron chi connectivity index (χ3n) is 2.69. The third kappa shape index (κ3) is 3.51. The van der Waals surface area contributed by atoms with Crippen molar-refractivity contribution in [3.8, 4) is 5.75 Å². The largest absolute Gasteiger partial charge is 0.489 e. The summed E-state index contributed by atoms with van der Waals surface area (Å²) in [6.45, 7) is 5.91. The van der Waals surface area contributed by atoms with Crippen LogP contribution < -0.4 is 10.5 Å². The van der Waals surface area contributed by atoms with Crippen molar-refractivity contribution in [1.82, 2.24) is 9.97 Å². The van der Waals surface area contributed by atoms with E-state index in [9.17, 15) is 0 Å². The number of ether oxygens (including phenoxy) is 1. The molecule has 0 amide bonds. The molecular weight excluding hydrogens is 238 g/mol. The highest BCUT2D eigenvalue weighted by Crippen LogP contribution is 2.21. The van der Waals surface area contributed by atoms with E-state index in [0.717, 1.165) is 22.7 Å². The molecule has 2 N–H and O–H groups in total. The zero-order valence-corrected chi connectivity index (χ0v) is 11.5. The van der Waals surface area contributed by atoms with Crippen LogP contribution >= 0.6 is 0 Å².